The molecule has 0 spiro atoms. The van der Waals surface area contributed by atoms with Crippen molar-refractivity contribution >= 4 is 25.0 Å². The minimum absolute atomic E-state index is 0.0135. The van der Waals surface area contributed by atoms with Gasteiger partial charge in [0.05, 0.1) is 86.0 Å². The highest BCUT2D eigenvalue weighted by Gasteiger charge is 2.59. The average molecular weight is 1070 g/mol. The van der Waals surface area contributed by atoms with Crippen LogP contribution in [0, 0.1) is 11.8 Å². The van der Waals surface area contributed by atoms with Gasteiger partial charge in [-0.2, -0.15) is 0 Å². The van der Waals surface area contributed by atoms with Crippen molar-refractivity contribution < 1.29 is 56.6 Å². The van der Waals surface area contributed by atoms with Gasteiger partial charge < -0.3 is 56.6 Å². The van der Waals surface area contributed by atoms with Crippen LogP contribution in [-0.2, 0) is 46.4 Å². The van der Waals surface area contributed by atoms with Crippen LogP contribution in [-0.4, -0.2) is 147 Å². The van der Waals surface area contributed by atoms with Crippen molar-refractivity contribution in [3.05, 3.63) is 37.0 Å². The monoisotopic (exact) mass is 1060 g/mol. The van der Waals surface area contributed by atoms with Crippen LogP contribution in [0.15, 0.2) is 37.0 Å². The Balaban J connectivity index is 1.07. The quantitative estimate of drug-likeness (QED) is 0.0506. The van der Waals surface area contributed by atoms with Gasteiger partial charge in [-0.05, 0) is 116 Å². The molecule has 416 valence electrons. The molecule has 6 fully saturated rings. The van der Waals surface area contributed by atoms with Gasteiger partial charge in [0.1, 0.15) is 6.10 Å². The average Bonchev–Trinajstić information content (AvgIpc) is 4.00. The molecule has 11 unspecified atom stereocenters. The zero-order valence-electron chi connectivity index (χ0n) is 47.2. The van der Waals surface area contributed by atoms with Gasteiger partial charge in [0.15, 0.2) is 30.7 Å². The normalized spacial score (nSPS) is 36.8. The summed E-state index contributed by atoms with van der Waals surface area (Å²) in [6.07, 6.45) is 7.61. The number of hydrogen-bond acceptors (Lipinski definition) is 12. The van der Waals surface area contributed by atoms with Crippen molar-refractivity contribution in [2.75, 3.05) is 20.3 Å². The van der Waals surface area contributed by atoms with Crippen LogP contribution < -0.4 is 0 Å². The molecule has 6 saturated heterocycles. The molecule has 6 heterocycles. The lowest BCUT2D eigenvalue weighted by atomic mass is 9.82. The molecule has 0 saturated carbocycles. The van der Waals surface area contributed by atoms with Crippen LogP contribution in [0.4, 0.5) is 0 Å². The van der Waals surface area contributed by atoms with Gasteiger partial charge in [-0.15, -0.1) is 6.58 Å². The molecule has 12 nitrogen and oxygen atoms in total. The van der Waals surface area contributed by atoms with E-state index in [9.17, 15) is 10.2 Å². The first-order valence-corrected chi connectivity index (χ1v) is 36.9. The number of aliphatic hydroxyl groups excluding tert-OH is 2. The summed E-state index contributed by atoms with van der Waals surface area (Å²) >= 11 is 0. The van der Waals surface area contributed by atoms with Gasteiger partial charge in [-0.3, -0.25) is 0 Å². The summed E-state index contributed by atoms with van der Waals surface area (Å²) in [5.41, 5.74) is 2.24. The Morgan fingerprint density at radius 3 is 1.99 bits per heavy atom. The molecule has 4 bridgehead atoms. The Kier molecular flexibility index (Phi) is 23.0. The van der Waals surface area contributed by atoms with Crippen LogP contribution in [0.1, 0.15) is 146 Å². The minimum atomic E-state index is -1.99. The summed E-state index contributed by atoms with van der Waals surface area (Å²) in [7, 11) is -4.01. The molecule has 6 aliphatic rings. The third kappa shape index (κ3) is 14.0. The molecule has 0 amide bonds. The molecule has 17 atom stereocenters. The molecular formula is C57H104O12Si3. The molecule has 0 aromatic carbocycles. The van der Waals surface area contributed by atoms with Gasteiger partial charge in [0.2, 0.25) is 0 Å². The first-order valence-electron chi connectivity index (χ1n) is 29.3. The predicted molar refractivity (Wildman–Crippen MR) is 295 cm³/mol. The first kappa shape index (κ1) is 60.6. The van der Waals surface area contributed by atoms with E-state index in [-0.39, 0.29) is 85.8 Å². The number of methoxy groups -OCH3 is 1. The van der Waals surface area contributed by atoms with Gasteiger partial charge in [0, 0.05) is 51.7 Å². The lowest BCUT2D eigenvalue weighted by Gasteiger charge is -2.47. The van der Waals surface area contributed by atoms with Crippen molar-refractivity contribution in [2.45, 2.75) is 292 Å². The van der Waals surface area contributed by atoms with E-state index in [1.54, 1.807) is 7.11 Å². The highest BCUT2D eigenvalue weighted by Crippen LogP contribution is 2.49. The van der Waals surface area contributed by atoms with E-state index in [2.05, 4.69) is 89.0 Å². The molecule has 0 aliphatic carbocycles. The minimum Gasteiger partial charge on any atom is -0.414 e. The zero-order valence-corrected chi connectivity index (χ0v) is 50.2. The highest BCUT2D eigenvalue weighted by atomic mass is 28.4. The fraction of sp³-hybridized carbons (Fsp3) is 0.895. The van der Waals surface area contributed by atoms with Crippen molar-refractivity contribution in [1.82, 2.24) is 0 Å². The third-order valence-electron chi connectivity index (χ3n) is 19.3. The van der Waals surface area contributed by atoms with E-state index in [0.717, 1.165) is 97.6 Å². The van der Waals surface area contributed by atoms with Gasteiger partial charge >= 0.3 is 0 Å². The summed E-state index contributed by atoms with van der Waals surface area (Å²) < 4.78 is 69.2. The first-order chi connectivity index (χ1) is 34.5. The lowest BCUT2D eigenvalue weighted by Crippen LogP contribution is -2.58. The van der Waals surface area contributed by atoms with Crippen LogP contribution in [0.3, 0.4) is 0 Å². The van der Waals surface area contributed by atoms with Crippen molar-refractivity contribution in [3.63, 3.8) is 0 Å². The molecular weight excluding hydrogens is 961 g/mol. The Morgan fingerprint density at radius 2 is 1.38 bits per heavy atom. The van der Waals surface area contributed by atoms with Crippen LogP contribution in [0.2, 0.25) is 54.4 Å². The van der Waals surface area contributed by atoms with Crippen LogP contribution in [0.25, 0.3) is 0 Å². The number of ether oxygens (including phenoxy) is 7. The van der Waals surface area contributed by atoms with E-state index < -0.39 is 42.9 Å². The third-order valence-corrected chi connectivity index (χ3v) is 33.3. The molecule has 0 aromatic rings. The highest BCUT2D eigenvalue weighted by molar-refractivity contribution is 6.74. The summed E-state index contributed by atoms with van der Waals surface area (Å²) in [5, 5.41) is 21.8. The van der Waals surface area contributed by atoms with E-state index in [0.29, 0.717) is 57.5 Å². The second kappa shape index (κ2) is 27.3. The second-order valence-electron chi connectivity index (χ2n) is 23.0. The predicted octanol–water partition coefficient (Wildman–Crippen LogP) is 12.0. The van der Waals surface area contributed by atoms with E-state index >= 15 is 0 Å². The van der Waals surface area contributed by atoms with Crippen LogP contribution >= 0.6 is 0 Å². The SMILES string of the molecule is C=CCC1O[C@@H]2CC(OC3(CCC4CC(=C)[C@H](CCC5CC(C)C(=C)C(C[C@H]6O[C@H](CC(CO[Si](CC)(CC)CC)O[Si](CC)(CC)CC)[C@H](OC)C6CCO)O5)O4)C[C@@H](O)C2O3)C1O[Si](CC)(CC)CC. The Morgan fingerprint density at radius 1 is 0.722 bits per heavy atom. The maximum absolute atomic E-state index is 11.4. The van der Waals surface area contributed by atoms with E-state index in [1.807, 2.05) is 6.08 Å². The fourth-order valence-electron chi connectivity index (χ4n) is 13.8. The summed E-state index contributed by atoms with van der Waals surface area (Å²) in [5.74, 6) is -0.619. The smallest absolute Gasteiger partial charge is 0.192 e. The standard InChI is InChI=1S/C57H104O12Si3/c1-15-25-48-56(69-72(22-8,23-9)24-10)53-36-52(64-48)55-46(59)37-57(66-53,67-55)30-28-43-33-40(12)47(62-43)27-26-42-32-39(11)41(13)49(63-42)35-50-45(29-31-58)54(60-14)51(65-50)34-44(68-71(19-5,20-6)21-7)38-61-70(16-2,17-3)18-4/h15,39,42-56,58-59H,1,12-13,16-38H2,2-11,14H3/t39?,42?,43?,44?,45?,46-,47+,48?,49?,50-,51-,52-,53?,54-,55?,56?,57?/m1/s1. The van der Waals surface area contributed by atoms with E-state index in [4.69, 9.17) is 46.4 Å². The lowest BCUT2D eigenvalue weighted by molar-refractivity contribution is -0.256. The second-order valence-corrected chi connectivity index (χ2v) is 37.2. The molecule has 0 radical (unpaired) electrons. The zero-order chi connectivity index (χ0) is 52.4. The Hall–Kier alpha value is -0.609. The molecule has 72 heavy (non-hydrogen) atoms. The number of fused-ring (bicyclic) bond motifs is 5. The fourth-order valence-corrected chi connectivity index (χ4v) is 22.2. The summed E-state index contributed by atoms with van der Waals surface area (Å²) in [4.78, 5) is 0. The van der Waals surface area contributed by atoms with Crippen molar-refractivity contribution in [2.24, 2.45) is 11.8 Å². The Labute approximate surface area is 440 Å². The number of rotatable bonds is 31. The molecule has 0 aromatic heterocycles. The topological polar surface area (TPSA) is 133 Å². The largest absolute Gasteiger partial charge is 0.414 e. The van der Waals surface area contributed by atoms with E-state index in [1.165, 1.54) is 0 Å². The maximum atomic E-state index is 11.4. The number of aliphatic hydroxyl groups is 2. The number of hydrogen-bond donors (Lipinski definition) is 2. The summed E-state index contributed by atoms with van der Waals surface area (Å²) in [6, 6.07) is 9.68. The molecule has 2 N–H and O–H groups in total. The molecule has 6 rings (SSSR count). The molecule has 6 aliphatic heterocycles. The van der Waals surface area contributed by atoms with Crippen molar-refractivity contribution in [1.29, 1.82) is 0 Å². The van der Waals surface area contributed by atoms with Gasteiger partial charge in [0.25, 0.3) is 0 Å². The van der Waals surface area contributed by atoms with Crippen LogP contribution in [0.5, 0.6) is 0 Å². The maximum Gasteiger partial charge on any atom is 0.192 e. The van der Waals surface area contributed by atoms with Gasteiger partial charge in [-0.25, -0.2) is 0 Å². The van der Waals surface area contributed by atoms with Crippen molar-refractivity contribution in [3.8, 4) is 0 Å². The Bertz CT molecular complexity index is 1670. The summed E-state index contributed by atoms with van der Waals surface area (Å²) in [6.45, 7) is 36.6. The molecule has 15 heteroatoms. The van der Waals surface area contributed by atoms with Gasteiger partial charge in [-0.1, -0.05) is 88.5 Å².